The molecule has 0 bridgehead atoms. The van der Waals surface area contributed by atoms with Gasteiger partial charge in [-0.3, -0.25) is 24.0 Å². The van der Waals surface area contributed by atoms with Gasteiger partial charge in [0.15, 0.2) is 0 Å². The summed E-state index contributed by atoms with van der Waals surface area (Å²) in [4.78, 5) is 77.2. The number of nitrogens with one attached hydrogen (secondary N) is 5. The van der Waals surface area contributed by atoms with Crippen LogP contribution in [0.4, 0.5) is 0 Å². The van der Waals surface area contributed by atoms with Crippen molar-refractivity contribution in [1.29, 1.82) is 0 Å². The monoisotopic (exact) mass is 683 g/mol. The third kappa shape index (κ3) is 15.8. The van der Waals surface area contributed by atoms with E-state index >= 15 is 0 Å². The molecule has 0 radical (unpaired) electrons. The van der Waals surface area contributed by atoms with Crippen molar-refractivity contribution in [3.05, 3.63) is 23.8 Å². The molecule has 0 heterocycles. The van der Waals surface area contributed by atoms with E-state index in [9.17, 15) is 33.9 Å². The van der Waals surface area contributed by atoms with Crippen LogP contribution < -0.4 is 38.1 Å². The van der Waals surface area contributed by atoms with Gasteiger partial charge in [0.05, 0.1) is 6.54 Å². The molecule has 4 atom stereocenters. The van der Waals surface area contributed by atoms with Crippen LogP contribution in [0.1, 0.15) is 76.1 Å². The second kappa shape index (κ2) is 21.5. The minimum Gasteiger partial charge on any atom is -0.480 e. The zero-order valence-electron chi connectivity index (χ0n) is 26.6. The molecule has 258 valence electrons. The lowest BCUT2D eigenvalue weighted by Crippen LogP contribution is -2.57. The maximum Gasteiger partial charge on any atom is 0.326 e. The first-order valence-corrected chi connectivity index (χ1v) is 16.2. The highest BCUT2D eigenvalue weighted by Crippen LogP contribution is 2.16. The lowest BCUT2D eigenvalue weighted by molar-refractivity contribution is -0.142. The Morgan fingerprint density at radius 1 is 0.717 bits per heavy atom. The van der Waals surface area contributed by atoms with Gasteiger partial charge in [0, 0.05) is 15.4 Å². The summed E-state index contributed by atoms with van der Waals surface area (Å²) in [5.41, 5.74) is 11.3. The van der Waals surface area contributed by atoms with Gasteiger partial charge in [-0.05, 0) is 89.1 Å². The molecule has 0 spiro atoms. The van der Waals surface area contributed by atoms with E-state index in [0.29, 0.717) is 48.6 Å². The molecule has 0 unspecified atom stereocenters. The fourth-order valence-corrected chi connectivity index (χ4v) is 5.06. The molecule has 0 fully saturated rings. The normalized spacial score (nSPS) is 13.6. The summed E-state index contributed by atoms with van der Waals surface area (Å²) in [6.07, 6.45) is 2.81. The number of carbonyl (C=O) groups is 6. The number of aliphatic carboxylic acids is 1. The molecule has 10 N–H and O–H groups in total. The molecule has 16 heteroatoms. The Kier molecular flexibility index (Phi) is 19.0. The van der Waals surface area contributed by atoms with E-state index in [1.165, 1.54) is 19.1 Å². The summed E-state index contributed by atoms with van der Waals surface area (Å²) in [7, 11) is 0. The number of hydrogen-bond acceptors (Lipinski definition) is 10. The molecule has 1 rings (SSSR count). The Labute approximate surface area is 281 Å². The Morgan fingerprint density at radius 3 is 1.76 bits per heavy atom. The van der Waals surface area contributed by atoms with Crippen LogP contribution in [0.15, 0.2) is 28.0 Å². The van der Waals surface area contributed by atoms with E-state index in [0.717, 1.165) is 0 Å². The minimum absolute atomic E-state index is 0.0159. The highest BCUT2D eigenvalue weighted by atomic mass is 32.1. The van der Waals surface area contributed by atoms with Gasteiger partial charge in [-0.15, -0.1) is 25.3 Å². The quantitative estimate of drug-likeness (QED) is 0.0635. The van der Waals surface area contributed by atoms with E-state index in [4.69, 9.17) is 11.5 Å². The highest BCUT2D eigenvalue weighted by molar-refractivity contribution is 7.81. The van der Waals surface area contributed by atoms with Crippen molar-refractivity contribution in [1.82, 2.24) is 26.6 Å². The molecule has 0 aliphatic heterocycles. The molecule has 14 nitrogen and oxygen atoms in total. The van der Waals surface area contributed by atoms with Crippen molar-refractivity contribution < 1.29 is 33.9 Å². The van der Waals surface area contributed by atoms with Gasteiger partial charge in [0.2, 0.25) is 23.6 Å². The maximum atomic E-state index is 13.4. The van der Waals surface area contributed by atoms with E-state index < -0.39 is 66.2 Å². The second-order valence-electron chi connectivity index (χ2n) is 11.4. The zero-order chi connectivity index (χ0) is 34.8. The molecule has 0 aliphatic rings. The molecular formula is C30H49N7O7S2. The van der Waals surface area contributed by atoms with Gasteiger partial charge in [-0.25, -0.2) is 4.79 Å². The molecular weight excluding hydrogens is 635 g/mol. The predicted molar refractivity (Wildman–Crippen MR) is 180 cm³/mol. The number of benzene rings is 1. The van der Waals surface area contributed by atoms with Crippen LogP contribution >= 0.6 is 25.3 Å². The highest BCUT2D eigenvalue weighted by Gasteiger charge is 2.30. The predicted octanol–water partition coefficient (Wildman–Crippen LogP) is 0.342. The number of carbonyl (C=O) groups excluding carboxylic acids is 5. The van der Waals surface area contributed by atoms with Gasteiger partial charge in [-0.1, -0.05) is 13.8 Å². The average molecular weight is 684 g/mol. The number of carboxylic acid groups (broad SMARTS) is 1. The van der Waals surface area contributed by atoms with Crippen LogP contribution in [0.3, 0.4) is 0 Å². The summed E-state index contributed by atoms with van der Waals surface area (Å²) in [5, 5.41) is 22.2. The molecule has 0 aromatic heterocycles. The Hall–Kier alpha value is -3.34. The summed E-state index contributed by atoms with van der Waals surface area (Å²) in [5.74, 6) is -4.32. The van der Waals surface area contributed by atoms with E-state index in [1.54, 1.807) is 6.07 Å². The molecule has 46 heavy (non-hydrogen) atoms. The number of thiol groups is 2. The molecule has 0 aliphatic carbocycles. The Morgan fingerprint density at radius 2 is 1.24 bits per heavy atom. The molecule has 5 amide bonds. The first kappa shape index (κ1) is 40.7. The van der Waals surface area contributed by atoms with Crippen LogP contribution in [0.5, 0.6) is 0 Å². The van der Waals surface area contributed by atoms with Crippen molar-refractivity contribution in [2.24, 2.45) is 17.4 Å². The number of unbranched alkanes of at least 4 members (excludes halogenated alkanes) is 2. The number of nitrogens with two attached hydrogens (primary N) is 2. The van der Waals surface area contributed by atoms with Gasteiger partial charge in [-0.2, -0.15) is 0 Å². The number of carboxylic acids is 1. The largest absolute Gasteiger partial charge is 0.480 e. The molecule has 1 aromatic rings. The smallest absolute Gasteiger partial charge is 0.326 e. The number of amides is 5. The van der Waals surface area contributed by atoms with Crippen LogP contribution in [-0.2, 0) is 24.0 Å². The summed E-state index contributed by atoms with van der Waals surface area (Å²) in [6, 6.07) is 0.379. The van der Waals surface area contributed by atoms with E-state index in [1.807, 2.05) is 13.8 Å². The fraction of sp³-hybridized carbons (Fsp3) is 0.600. The second-order valence-corrected chi connectivity index (χ2v) is 12.5. The molecule has 0 saturated heterocycles. The zero-order valence-corrected chi connectivity index (χ0v) is 28.4. The topological polar surface area (TPSA) is 235 Å². The first-order chi connectivity index (χ1) is 21.7. The van der Waals surface area contributed by atoms with Gasteiger partial charge < -0.3 is 43.2 Å². The summed E-state index contributed by atoms with van der Waals surface area (Å²) >= 11 is 8.45. The first-order valence-electron chi connectivity index (χ1n) is 15.3. The van der Waals surface area contributed by atoms with Crippen molar-refractivity contribution in [2.45, 2.75) is 99.7 Å². The van der Waals surface area contributed by atoms with Crippen molar-refractivity contribution >= 4 is 60.8 Å². The van der Waals surface area contributed by atoms with Crippen LogP contribution in [-0.4, -0.2) is 84.4 Å². The lowest BCUT2D eigenvalue weighted by atomic mass is 10.0. The van der Waals surface area contributed by atoms with Gasteiger partial charge >= 0.3 is 5.97 Å². The Bertz CT molecular complexity index is 1180. The Balaban J connectivity index is 2.92. The maximum absolute atomic E-state index is 13.4. The van der Waals surface area contributed by atoms with Crippen molar-refractivity contribution in [3.63, 3.8) is 0 Å². The van der Waals surface area contributed by atoms with Gasteiger partial charge in [0.25, 0.3) is 5.91 Å². The van der Waals surface area contributed by atoms with Gasteiger partial charge in [0.1, 0.15) is 24.2 Å². The summed E-state index contributed by atoms with van der Waals surface area (Å²) in [6.45, 7) is 5.48. The number of hydrogen-bond donors (Lipinski definition) is 10. The van der Waals surface area contributed by atoms with E-state index in [-0.39, 0.29) is 30.7 Å². The van der Waals surface area contributed by atoms with Crippen LogP contribution in [0, 0.1) is 5.92 Å². The van der Waals surface area contributed by atoms with Crippen LogP contribution in [0.25, 0.3) is 0 Å². The molecule has 1 aromatic carbocycles. The standard InChI is InChI=1S/C30H49N7O7S2/c1-17(2)12-24(35-25(38)16-33-27(40)19-13-20(45)15-21(46)14-19)29(42)36-22(8-4-6-10-31)28(41)34-18(3)26(39)37-23(30(43)44)9-5-7-11-32/h13-15,17-18,22-24,45-46H,4-12,16,31-32H2,1-3H3,(H,33,40)(H,34,41)(H,35,38)(H,36,42)(H,37,39)(H,43,44)/t18-,22-,23-,24-/m0/s1. The third-order valence-electron chi connectivity index (χ3n) is 6.83. The van der Waals surface area contributed by atoms with Crippen LogP contribution in [0.2, 0.25) is 0 Å². The third-order valence-corrected chi connectivity index (χ3v) is 7.34. The van der Waals surface area contributed by atoms with Crippen molar-refractivity contribution in [3.8, 4) is 0 Å². The fourth-order valence-electron chi connectivity index (χ4n) is 4.40. The molecule has 0 saturated carbocycles. The SMILES string of the molecule is CC(C)C[C@H](NC(=O)CNC(=O)c1cc(S)cc(S)c1)C(=O)N[C@@H](CCCCN)C(=O)N[C@@H](C)C(=O)N[C@@H](CCCCN)C(=O)O. The lowest BCUT2D eigenvalue weighted by Gasteiger charge is -2.25. The van der Waals surface area contributed by atoms with Crippen molar-refractivity contribution in [2.75, 3.05) is 19.6 Å². The average Bonchev–Trinajstić information content (AvgIpc) is 2.97. The summed E-state index contributed by atoms with van der Waals surface area (Å²) < 4.78 is 0. The minimum atomic E-state index is -1.20. The van der Waals surface area contributed by atoms with E-state index in [2.05, 4.69) is 51.8 Å². The number of rotatable bonds is 21.